The van der Waals surface area contributed by atoms with Crippen molar-refractivity contribution in [1.29, 1.82) is 5.41 Å². The molecule has 0 spiro atoms. The molecule has 3 heteroatoms. The minimum absolute atomic E-state index is 0.0278. The number of hydrogen-bond acceptors (Lipinski definition) is 1. The van der Waals surface area contributed by atoms with Crippen LogP contribution in [0.4, 0.5) is 8.78 Å². The van der Waals surface area contributed by atoms with E-state index in [2.05, 4.69) is 0 Å². The SMILES string of the molecule is N=Cc1cccc(F)c1F. The van der Waals surface area contributed by atoms with Gasteiger partial charge in [-0.3, -0.25) is 0 Å². The maximum atomic E-state index is 12.5. The summed E-state index contributed by atoms with van der Waals surface area (Å²) in [4.78, 5) is 0. The van der Waals surface area contributed by atoms with Crippen LogP contribution in [0, 0.1) is 17.0 Å². The highest BCUT2D eigenvalue weighted by Gasteiger charge is 2.03. The molecule has 0 unspecified atom stereocenters. The molecule has 1 rings (SSSR count). The Bertz CT molecular complexity index is 258. The molecule has 0 atom stereocenters. The summed E-state index contributed by atoms with van der Waals surface area (Å²) in [5.41, 5.74) is -0.0278. The topological polar surface area (TPSA) is 23.9 Å². The molecule has 0 bridgehead atoms. The number of halogens is 2. The standard InChI is InChI=1S/C7H5F2N/c8-6-3-1-2-5(4-10)7(6)9/h1-4,10H. The molecular formula is C7H5F2N. The third-order valence-electron chi connectivity index (χ3n) is 1.14. The molecule has 0 aromatic heterocycles. The molecule has 52 valence electrons. The van der Waals surface area contributed by atoms with E-state index in [-0.39, 0.29) is 5.56 Å². The molecule has 0 aliphatic heterocycles. The maximum Gasteiger partial charge on any atom is 0.167 e. The second-order valence-corrected chi connectivity index (χ2v) is 1.79. The van der Waals surface area contributed by atoms with Crippen LogP contribution in [-0.2, 0) is 0 Å². The first-order chi connectivity index (χ1) is 4.75. The van der Waals surface area contributed by atoms with Gasteiger partial charge in [-0.1, -0.05) is 12.1 Å². The summed E-state index contributed by atoms with van der Waals surface area (Å²) < 4.78 is 24.8. The molecule has 0 aliphatic carbocycles. The Kier molecular flexibility index (Phi) is 1.76. The molecule has 0 fully saturated rings. The van der Waals surface area contributed by atoms with Crippen LogP contribution in [-0.4, -0.2) is 6.21 Å². The van der Waals surface area contributed by atoms with Crippen molar-refractivity contribution in [3.05, 3.63) is 35.4 Å². The second kappa shape index (κ2) is 2.56. The van der Waals surface area contributed by atoms with E-state index in [9.17, 15) is 8.78 Å². The molecule has 0 saturated carbocycles. The summed E-state index contributed by atoms with van der Waals surface area (Å²) in [5, 5.41) is 6.65. The van der Waals surface area contributed by atoms with E-state index in [1.54, 1.807) is 0 Å². The van der Waals surface area contributed by atoms with Gasteiger partial charge in [0, 0.05) is 11.8 Å². The van der Waals surface area contributed by atoms with Crippen molar-refractivity contribution >= 4 is 6.21 Å². The minimum atomic E-state index is -0.961. The Morgan fingerprint density at radius 1 is 1.30 bits per heavy atom. The Morgan fingerprint density at radius 3 is 2.50 bits per heavy atom. The van der Waals surface area contributed by atoms with Crippen LogP contribution in [0.15, 0.2) is 18.2 Å². The largest absolute Gasteiger partial charge is 0.308 e. The highest BCUT2D eigenvalue weighted by Crippen LogP contribution is 2.08. The molecule has 0 heterocycles. The predicted octanol–water partition coefficient (Wildman–Crippen LogP) is 1.96. The van der Waals surface area contributed by atoms with E-state index in [4.69, 9.17) is 5.41 Å². The number of rotatable bonds is 1. The smallest absolute Gasteiger partial charge is 0.167 e. The number of benzene rings is 1. The van der Waals surface area contributed by atoms with Gasteiger partial charge in [0.2, 0.25) is 0 Å². The Morgan fingerprint density at radius 2 is 2.00 bits per heavy atom. The fourth-order valence-corrected chi connectivity index (χ4v) is 0.632. The molecule has 1 N–H and O–H groups in total. The quantitative estimate of drug-likeness (QED) is 0.578. The van der Waals surface area contributed by atoms with Crippen LogP contribution in [0.1, 0.15) is 5.56 Å². The van der Waals surface area contributed by atoms with Crippen molar-refractivity contribution in [3.8, 4) is 0 Å². The van der Waals surface area contributed by atoms with Gasteiger partial charge in [-0.25, -0.2) is 8.78 Å². The van der Waals surface area contributed by atoms with Gasteiger partial charge in [-0.2, -0.15) is 0 Å². The summed E-state index contributed by atoms with van der Waals surface area (Å²) >= 11 is 0. The van der Waals surface area contributed by atoms with Crippen molar-refractivity contribution in [2.24, 2.45) is 0 Å². The van der Waals surface area contributed by atoms with E-state index in [0.717, 1.165) is 12.3 Å². The van der Waals surface area contributed by atoms with Crippen LogP contribution < -0.4 is 0 Å². The molecule has 10 heavy (non-hydrogen) atoms. The summed E-state index contributed by atoms with van der Waals surface area (Å²) in [6.07, 6.45) is 0.776. The van der Waals surface area contributed by atoms with Crippen molar-refractivity contribution in [2.75, 3.05) is 0 Å². The molecule has 1 aromatic carbocycles. The second-order valence-electron chi connectivity index (χ2n) is 1.79. The van der Waals surface area contributed by atoms with Crippen LogP contribution in [0.25, 0.3) is 0 Å². The summed E-state index contributed by atoms with van der Waals surface area (Å²) in [7, 11) is 0. The van der Waals surface area contributed by atoms with Crippen molar-refractivity contribution < 1.29 is 8.78 Å². The van der Waals surface area contributed by atoms with Gasteiger partial charge in [0.05, 0.1) is 0 Å². The molecule has 0 amide bonds. The van der Waals surface area contributed by atoms with Gasteiger partial charge < -0.3 is 5.41 Å². The van der Waals surface area contributed by atoms with Crippen LogP contribution in [0.5, 0.6) is 0 Å². The summed E-state index contributed by atoms with van der Waals surface area (Å²) in [5.74, 6) is -1.88. The van der Waals surface area contributed by atoms with E-state index in [0.29, 0.717) is 0 Å². The van der Waals surface area contributed by atoms with Crippen molar-refractivity contribution in [1.82, 2.24) is 0 Å². The lowest BCUT2D eigenvalue weighted by Crippen LogP contribution is -1.90. The fourth-order valence-electron chi connectivity index (χ4n) is 0.632. The first kappa shape index (κ1) is 6.86. The molecule has 0 radical (unpaired) electrons. The first-order valence-electron chi connectivity index (χ1n) is 2.70. The van der Waals surface area contributed by atoms with Crippen molar-refractivity contribution in [3.63, 3.8) is 0 Å². The van der Waals surface area contributed by atoms with E-state index in [1.165, 1.54) is 12.1 Å². The average Bonchev–Trinajstić information content (AvgIpc) is 1.95. The highest BCUT2D eigenvalue weighted by atomic mass is 19.2. The monoisotopic (exact) mass is 141 g/mol. The minimum Gasteiger partial charge on any atom is -0.308 e. The Labute approximate surface area is 56.8 Å². The summed E-state index contributed by atoms with van der Waals surface area (Å²) in [6.45, 7) is 0. The number of nitrogens with one attached hydrogen (secondary N) is 1. The van der Waals surface area contributed by atoms with Gasteiger partial charge in [0.25, 0.3) is 0 Å². The molecule has 1 nitrogen and oxygen atoms in total. The third-order valence-corrected chi connectivity index (χ3v) is 1.14. The first-order valence-corrected chi connectivity index (χ1v) is 2.70. The third kappa shape index (κ3) is 1.03. The number of hydrogen-bond donors (Lipinski definition) is 1. The van der Waals surface area contributed by atoms with Crippen LogP contribution in [0.2, 0.25) is 0 Å². The van der Waals surface area contributed by atoms with E-state index < -0.39 is 11.6 Å². The zero-order valence-corrected chi connectivity index (χ0v) is 5.07. The lowest BCUT2D eigenvalue weighted by Gasteiger charge is -1.93. The van der Waals surface area contributed by atoms with Gasteiger partial charge in [0.1, 0.15) is 0 Å². The van der Waals surface area contributed by atoms with E-state index in [1.807, 2.05) is 0 Å². The van der Waals surface area contributed by atoms with Gasteiger partial charge in [-0.15, -0.1) is 0 Å². The Hall–Kier alpha value is -1.25. The zero-order valence-electron chi connectivity index (χ0n) is 5.07. The summed E-state index contributed by atoms with van der Waals surface area (Å²) in [6, 6.07) is 3.71. The molecular weight excluding hydrogens is 136 g/mol. The maximum absolute atomic E-state index is 12.5. The highest BCUT2D eigenvalue weighted by molar-refractivity contribution is 5.77. The van der Waals surface area contributed by atoms with Crippen LogP contribution in [0.3, 0.4) is 0 Å². The molecule has 0 saturated heterocycles. The van der Waals surface area contributed by atoms with Gasteiger partial charge >= 0.3 is 0 Å². The van der Waals surface area contributed by atoms with Crippen molar-refractivity contribution in [2.45, 2.75) is 0 Å². The van der Waals surface area contributed by atoms with Gasteiger partial charge in [-0.05, 0) is 6.07 Å². The zero-order chi connectivity index (χ0) is 7.56. The normalized spacial score (nSPS) is 9.40. The molecule has 1 aromatic rings. The molecule has 0 aliphatic rings. The Balaban J connectivity index is 3.27. The lowest BCUT2D eigenvalue weighted by molar-refractivity contribution is 0.507. The van der Waals surface area contributed by atoms with Crippen LogP contribution >= 0.6 is 0 Å². The average molecular weight is 141 g/mol. The lowest BCUT2D eigenvalue weighted by atomic mass is 10.2. The predicted molar refractivity (Wildman–Crippen MR) is 34.2 cm³/mol. The fraction of sp³-hybridized carbons (Fsp3) is 0. The van der Waals surface area contributed by atoms with Gasteiger partial charge in [0.15, 0.2) is 11.6 Å². The van der Waals surface area contributed by atoms with E-state index >= 15 is 0 Å².